The van der Waals surface area contributed by atoms with Gasteiger partial charge in [-0.25, -0.2) is 0 Å². The Hall–Kier alpha value is -4.16. The number of aromatic hydroxyl groups is 3. The monoisotopic (exact) mass is 782 g/mol. The van der Waals surface area contributed by atoms with Crippen molar-refractivity contribution in [3.63, 3.8) is 0 Å². The van der Waals surface area contributed by atoms with Gasteiger partial charge in [0.25, 0.3) is 0 Å². The summed E-state index contributed by atoms with van der Waals surface area (Å²) in [5, 5.41) is 105. The molecule has 20 heteroatoms. The molecule has 3 saturated heterocycles. The number of benzene rings is 2. The first-order valence-electron chi connectivity index (χ1n) is 17.1. The highest BCUT2D eigenvalue weighted by Gasteiger charge is 2.53. The molecule has 20 nitrogen and oxygen atoms in total. The van der Waals surface area contributed by atoms with Gasteiger partial charge in [-0.2, -0.15) is 0 Å². The summed E-state index contributed by atoms with van der Waals surface area (Å²) in [7, 11) is 0. The first-order chi connectivity index (χ1) is 26.0. The number of aliphatic hydroxyl groups excluding tert-OH is 7. The van der Waals surface area contributed by atoms with Gasteiger partial charge in [-0.1, -0.05) is 0 Å². The fourth-order valence-electron chi connectivity index (χ4n) is 6.55. The third-order valence-electron chi connectivity index (χ3n) is 9.53. The summed E-state index contributed by atoms with van der Waals surface area (Å²) < 4.78 is 45.7. The highest BCUT2D eigenvalue weighted by molar-refractivity contribution is 5.88. The van der Waals surface area contributed by atoms with E-state index in [2.05, 4.69) is 0 Å². The van der Waals surface area contributed by atoms with Gasteiger partial charge in [0, 0.05) is 24.6 Å². The fraction of sp³-hybridized carbons (Fsp3) is 0.543. The van der Waals surface area contributed by atoms with Gasteiger partial charge in [0.2, 0.25) is 17.5 Å². The highest BCUT2D eigenvalue weighted by Crippen LogP contribution is 2.39. The lowest BCUT2D eigenvalue weighted by Gasteiger charge is -2.46. The summed E-state index contributed by atoms with van der Waals surface area (Å²) in [6.07, 6.45) is -24.7. The number of esters is 1. The number of hydrogen-bond donors (Lipinski definition) is 10. The molecule has 4 heterocycles. The van der Waals surface area contributed by atoms with Crippen molar-refractivity contribution in [1.29, 1.82) is 0 Å². The van der Waals surface area contributed by atoms with Crippen molar-refractivity contribution in [1.82, 2.24) is 0 Å². The molecule has 3 aliphatic heterocycles. The molecule has 6 unspecified atom stereocenters. The second-order valence-corrected chi connectivity index (χ2v) is 13.5. The second-order valence-electron chi connectivity index (χ2n) is 13.5. The van der Waals surface area contributed by atoms with Gasteiger partial charge in [0.1, 0.15) is 77.0 Å². The maximum atomic E-state index is 14.1. The van der Waals surface area contributed by atoms with E-state index in [1.807, 2.05) is 0 Å². The van der Waals surface area contributed by atoms with Crippen molar-refractivity contribution in [2.75, 3.05) is 6.61 Å². The van der Waals surface area contributed by atoms with Crippen LogP contribution >= 0.6 is 0 Å². The SMILES string of the molecule is CC(=O)O[C@H]1C(O)C(O)[C@H](OC2C(O)[C@@H](O)[C@@H](CO[C@@H]3OC(C)[C@H](O)C(O)[C@@H]3O)O[C@H]2Oc2c(-c3ccc(O)cc3)oc3cc(O)cc(O)c3c2=O)O[C@@H]1C. The van der Waals surface area contributed by atoms with Crippen LogP contribution in [0.25, 0.3) is 22.3 Å². The molecule has 10 N–H and O–H groups in total. The number of hydrogen-bond acceptors (Lipinski definition) is 20. The molecule has 6 rings (SSSR count). The zero-order valence-electron chi connectivity index (χ0n) is 29.4. The average molecular weight is 783 g/mol. The molecule has 2 aromatic carbocycles. The normalized spacial score (nSPS) is 36.7. The highest BCUT2D eigenvalue weighted by atomic mass is 16.8. The van der Waals surface area contributed by atoms with E-state index in [1.165, 1.54) is 38.1 Å². The van der Waals surface area contributed by atoms with Gasteiger partial charge in [0.15, 0.2) is 30.5 Å². The summed E-state index contributed by atoms with van der Waals surface area (Å²) >= 11 is 0. The molecule has 0 radical (unpaired) electrons. The van der Waals surface area contributed by atoms with Crippen molar-refractivity contribution in [2.45, 2.75) is 113 Å². The molecule has 0 saturated carbocycles. The zero-order chi connectivity index (χ0) is 40.0. The number of carbonyl (C=O) groups is 1. The minimum Gasteiger partial charge on any atom is -0.508 e. The van der Waals surface area contributed by atoms with Crippen LogP contribution in [-0.2, 0) is 33.2 Å². The fourth-order valence-corrected chi connectivity index (χ4v) is 6.55. The van der Waals surface area contributed by atoms with E-state index < -0.39 is 133 Å². The Kier molecular flexibility index (Phi) is 11.9. The second kappa shape index (κ2) is 16.1. The van der Waals surface area contributed by atoms with Crippen molar-refractivity contribution < 1.29 is 93.4 Å². The van der Waals surface area contributed by atoms with Gasteiger partial charge in [-0.3, -0.25) is 9.59 Å². The molecule has 1 aromatic heterocycles. The van der Waals surface area contributed by atoms with E-state index in [1.54, 1.807) is 0 Å². The summed E-state index contributed by atoms with van der Waals surface area (Å²) in [5.74, 6) is -3.10. The molecule has 15 atom stereocenters. The number of ether oxygens (including phenoxy) is 7. The molecule has 55 heavy (non-hydrogen) atoms. The van der Waals surface area contributed by atoms with Crippen LogP contribution in [0.5, 0.6) is 23.0 Å². The molecule has 0 spiro atoms. The zero-order valence-corrected chi connectivity index (χ0v) is 29.4. The average Bonchev–Trinajstić information content (AvgIpc) is 3.13. The molecule has 0 bridgehead atoms. The number of fused-ring (bicyclic) bond motifs is 1. The van der Waals surface area contributed by atoms with E-state index in [9.17, 15) is 60.7 Å². The summed E-state index contributed by atoms with van der Waals surface area (Å²) in [6, 6.07) is 7.13. The lowest BCUT2D eigenvalue weighted by Crippen LogP contribution is -2.65. The Balaban J connectivity index is 1.38. The summed E-state index contributed by atoms with van der Waals surface area (Å²) in [4.78, 5) is 25.7. The number of rotatable bonds is 9. The predicted octanol–water partition coefficient (Wildman–Crippen LogP) is -1.97. The predicted molar refractivity (Wildman–Crippen MR) is 179 cm³/mol. The summed E-state index contributed by atoms with van der Waals surface area (Å²) in [5.41, 5.74) is -1.19. The lowest BCUT2D eigenvalue weighted by molar-refractivity contribution is -0.360. The first-order valence-corrected chi connectivity index (χ1v) is 17.1. The van der Waals surface area contributed by atoms with Crippen LogP contribution < -0.4 is 10.2 Å². The van der Waals surface area contributed by atoms with Gasteiger partial charge >= 0.3 is 5.97 Å². The molecule has 3 fully saturated rings. The maximum absolute atomic E-state index is 14.1. The Morgan fingerprint density at radius 1 is 0.709 bits per heavy atom. The topological polar surface area (TPSA) is 314 Å². The smallest absolute Gasteiger partial charge is 0.303 e. The Morgan fingerprint density at radius 3 is 2.02 bits per heavy atom. The summed E-state index contributed by atoms with van der Waals surface area (Å²) in [6.45, 7) is 3.21. The van der Waals surface area contributed by atoms with Crippen LogP contribution in [0.1, 0.15) is 20.8 Å². The van der Waals surface area contributed by atoms with Crippen molar-refractivity contribution >= 4 is 16.9 Å². The van der Waals surface area contributed by atoms with Crippen LogP contribution in [0.3, 0.4) is 0 Å². The third-order valence-corrected chi connectivity index (χ3v) is 9.53. The van der Waals surface area contributed by atoms with Gasteiger partial charge < -0.3 is 88.6 Å². The Morgan fingerprint density at radius 2 is 1.35 bits per heavy atom. The lowest BCUT2D eigenvalue weighted by atomic mass is 9.97. The minimum atomic E-state index is -2.03. The van der Waals surface area contributed by atoms with Gasteiger partial charge in [-0.15, -0.1) is 0 Å². The van der Waals surface area contributed by atoms with Crippen molar-refractivity contribution in [3.8, 4) is 34.3 Å². The standard InChI is InChI=1S/C35H42O20/c1-11-21(40)24(43)27(46)33(49-11)48-10-19-22(41)25(44)32(55-34-28(47)26(45)29(12(2)50-34)51-13(3)36)35(53-19)54-31-23(42)20-17(39)8-16(38)9-18(20)52-30(31)14-4-6-15(37)7-5-14/h4-9,11-12,19,21-22,24-29,32-35,37-41,43-47H,10H2,1-3H3/t11?,12-,19-,21+,22+,24?,25?,26?,27+,28?,29-,32?,33-,34+,35+/m1/s1. The molecule has 3 aliphatic rings. The van der Waals surface area contributed by atoms with Gasteiger partial charge in [-0.05, 0) is 38.1 Å². The molecule has 3 aromatic rings. The van der Waals surface area contributed by atoms with Crippen LogP contribution in [0.2, 0.25) is 0 Å². The van der Waals surface area contributed by atoms with Crippen LogP contribution in [0, 0.1) is 0 Å². The van der Waals surface area contributed by atoms with E-state index in [-0.39, 0.29) is 22.7 Å². The van der Waals surface area contributed by atoms with Crippen molar-refractivity contribution in [2.24, 2.45) is 0 Å². The molecular formula is C35H42O20. The van der Waals surface area contributed by atoms with Crippen LogP contribution in [0.15, 0.2) is 45.6 Å². The molecule has 0 aliphatic carbocycles. The van der Waals surface area contributed by atoms with E-state index in [0.29, 0.717) is 0 Å². The number of phenolic OH excluding ortho intramolecular Hbond substituents is 3. The van der Waals surface area contributed by atoms with E-state index in [0.717, 1.165) is 19.1 Å². The molecule has 0 amide bonds. The van der Waals surface area contributed by atoms with E-state index >= 15 is 0 Å². The third kappa shape index (κ3) is 8.08. The minimum absolute atomic E-state index is 0.126. The van der Waals surface area contributed by atoms with Crippen molar-refractivity contribution in [3.05, 3.63) is 46.6 Å². The molecular weight excluding hydrogens is 740 g/mol. The Bertz CT molecular complexity index is 1880. The van der Waals surface area contributed by atoms with E-state index in [4.69, 9.17) is 37.6 Å². The maximum Gasteiger partial charge on any atom is 0.303 e. The number of aliphatic hydroxyl groups is 7. The number of phenols is 3. The molecule has 302 valence electrons. The van der Waals surface area contributed by atoms with Crippen LogP contribution in [-0.4, -0.2) is 156 Å². The quantitative estimate of drug-likeness (QED) is 0.105. The first kappa shape index (κ1) is 40.5. The largest absolute Gasteiger partial charge is 0.508 e. The van der Waals surface area contributed by atoms with Crippen LogP contribution in [0.4, 0.5) is 0 Å². The Labute approximate surface area is 310 Å². The van der Waals surface area contributed by atoms with Gasteiger partial charge in [0.05, 0.1) is 18.8 Å². The number of carbonyl (C=O) groups excluding carboxylic acids is 1.